The van der Waals surface area contributed by atoms with Crippen molar-refractivity contribution < 1.29 is 9.59 Å². The molecule has 0 aliphatic heterocycles. The average molecular weight is 586 g/mol. The van der Waals surface area contributed by atoms with Crippen LogP contribution in [0.2, 0.25) is 0 Å². The Morgan fingerprint density at radius 3 is 2.68 bits per heavy atom. The Bertz CT molecular complexity index is 1970. The van der Waals surface area contributed by atoms with E-state index in [-0.39, 0.29) is 17.3 Å². The zero-order valence-corrected chi connectivity index (χ0v) is 25.2. The molecule has 1 aliphatic rings. The van der Waals surface area contributed by atoms with Gasteiger partial charge in [0.1, 0.15) is 11.8 Å². The summed E-state index contributed by atoms with van der Waals surface area (Å²) in [6.07, 6.45) is 11.2. The number of nitriles is 1. The van der Waals surface area contributed by atoms with Crippen LogP contribution in [0.1, 0.15) is 59.3 Å². The molecular formula is C35H35N7O2. The predicted octanol–water partition coefficient (Wildman–Crippen LogP) is 5.96. The SMILES string of the molecule is Cc1cc2c(cc1-c1cccc3c(C(=O)c4ccc(NC(=O)/C=C/CNC5CCCCC5)c(C#N)c4)nn(C)c13)ncn2C. The summed E-state index contributed by atoms with van der Waals surface area (Å²) in [6, 6.07) is 17.4. The molecule has 2 aromatic heterocycles. The standard InChI is InChI=1S/C35H35N7O2/c1-22-17-31-30(38-21-41(31)2)19-28(22)26-11-7-12-27-33(40-42(3)34(26)27)35(44)23-14-15-29(24(18-23)20-36)39-32(43)13-8-16-37-25-9-5-4-6-10-25/h7-8,11-15,17-19,21,25,37H,4-6,9-10,16H2,1-3H3,(H,39,43)/b13-8+. The van der Waals surface area contributed by atoms with Crippen LogP contribution in [0.25, 0.3) is 33.1 Å². The second-order valence-corrected chi connectivity index (χ2v) is 11.5. The summed E-state index contributed by atoms with van der Waals surface area (Å²) in [5.74, 6) is -0.624. The van der Waals surface area contributed by atoms with Crippen LogP contribution in [-0.4, -0.2) is 43.6 Å². The normalized spacial score (nSPS) is 14.0. The van der Waals surface area contributed by atoms with Gasteiger partial charge >= 0.3 is 0 Å². The third-order valence-corrected chi connectivity index (χ3v) is 8.50. The number of benzene rings is 3. The molecular weight excluding hydrogens is 550 g/mol. The van der Waals surface area contributed by atoms with Gasteiger partial charge in [0.2, 0.25) is 11.7 Å². The summed E-state index contributed by atoms with van der Waals surface area (Å²) < 4.78 is 3.72. The molecule has 3 aromatic carbocycles. The molecule has 44 heavy (non-hydrogen) atoms. The molecule has 5 aromatic rings. The van der Waals surface area contributed by atoms with E-state index in [2.05, 4.69) is 45.8 Å². The van der Waals surface area contributed by atoms with Crippen molar-refractivity contribution in [2.75, 3.05) is 11.9 Å². The lowest BCUT2D eigenvalue weighted by molar-refractivity contribution is -0.111. The Balaban J connectivity index is 1.23. The molecule has 0 spiro atoms. The fraction of sp³-hybridized carbons (Fsp3) is 0.286. The third-order valence-electron chi connectivity index (χ3n) is 8.50. The number of imidazole rings is 1. The number of hydrogen-bond acceptors (Lipinski definition) is 6. The quantitative estimate of drug-likeness (QED) is 0.172. The number of amides is 1. The maximum absolute atomic E-state index is 13.8. The van der Waals surface area contributed by atoms with Crippen LogP contribution in [0.3, 0.4) is 0 Å². The summed E-state index contributed by atoms with van der Waals surface area (Å²) in [6.45, 7) is 2.69. The number of aryl methyl sites for hydroxylation is 3. The van der Waals surface area contributed by atoms with Crippen LogP contribution in [0.5, 0.6) is 0 Å². The molecule has 1 saturated carbocycles. The molecule has 9 heteroatoms. The number of hydrogen-bond donors (Lipinski definition) is 2. The van der Waals surface area contributed by atoms with Crippen molar-refractivity contribution in [1.82, 2.24) is 24.6 Å². The van der Waals surface area contributed by atoms with Crippen molar-refractivity contribution in [3.05, 3.63) is 89.4 Å². The highest BCUT2D eigenvalue weighted by Crippen LogP contribution is 2.35. The molecule has 0 radical (unpaired) electrons. The van der Waals surface area contributed by atoms with Gasteiger partial charge in [-0.1, -0.05) is 43.5 Å². The van der Waals surface area contributed by atoms with Crippen molar-refractivity contribution in [3.8, 4) is 17.2 Å². The van der Waals surface area contributed by atoms with Crippen molar-refractivity contribution >= 4 is 39.3 Å². The molecule has 1 fully saturated rings. The molecule has 222 valence electrons. The lowest BCUT2D eigenvalue weighted by Crippen LogP contribution is -2.31. The number of ketones is 1. The van der Waals surface area contributed by atoms with Gasteiger partial charge in [0.25, 0.3) is 0 Å². The lowest BCUT2D eigenvalue weighted by Gasteiger charge is -2.21. The average Bonchev–Trinajstić information content (AvgIpc) is 3.58. The van der Waals surface area contributed by atoms with Gasteiger partial charge in [-0.2, -0.15) is 10.4 Å². The molecule has 0 atom stereocenters. The summed E-state index contributed by atoms with van der Waals surface area (Å²) in [7, 11) is 3.80. The monoisotopic (exact) mass is 585 g/mol. The van der Waals surface area contributed by atoms with Gasteiger partial charge in [-0.05, 0) is 61.2 Å². The summed E-state index contributed by atoms with van der Waals surface area (Å²) >= 11 is 0. The van der Waals surface area contributed by atoms with Crippen LogP contribution >= 0.6 is 0 Å². The van der Waals surface area contributed by atoms with Gasteiger partial charge in [0.05, 0.1) is 34.1 Å². The number of para-hydroxylation sites is 1. The van der Waals surface area contributed by atoms with E-state index in [1.165, 1.54) is 44.2 Å². The molecule has 1 aliphatic carbocycles. The molecule has 9 nitrogen and oxygen atoms in total. The number of carbonyl (C=O) groups excluding carboxylic acids is 2. The number of fused-ring (bicyclic) bond motifs is 2. The molecule has 0 saturated heterocycles. The lowest BCUT2D eigenvalue weighted by atomic mass is 9.95. The van der Waals surface area contributed by atoms with E-state index in [1.54, 1.807) is 29.2 Å². The van der Waals surface area contributed by atoms with Crippen molar-refractivity contribution in [2.45, 2.75) is 45.1 Å². The van der Waals surface area contributed by atoms with Crippen LogP contribution in [0.15, 0.2) is 67.0 Å². The number of carbonyl (C=O) groups is 2. The number of nitrogens with zero attached hydrogens (tertiary/aromatic N) is 5. The predicted molar refractivity (Wildman–Crippen MR) is 172 cm³/mol. The summed E-state index contributed by atoms with van der Waals surface area (Å²) in [5.41, 5.74) is 7.04. The summed E-state index contributed by atoms with van der Waals surface area (Å²) in [5, 5.41) is 21.4. The smallest absolute Gasteiger partial charge is 0.248 e. The first-order valence-corrected chi connectivity index (χ1v) is 15.0. The fourth-order valence-electron chi connectivity index (χ4n) is 6.20. The second-order valence-electron chi connectivity index (χ2n) is 11.5. The fourth-order valence-corrected chi connectivity index (χ4v) is 6.20. The molecule has 2 N–H and O–H groups in total. The van der Waals surface area contributed by atoms with Crippen LogP contribution in [-0.2, 0) is 18.9 Å². The minimum atomic E-state index is -0.326. The Morgan fingerprint density at radius 1 is 1.07 bits per heavy atom. The third kappa shape index (κ3) is 5.64. The molecule has 2 heterocycles. The van der Waals surface area contributed by atoms with E-state index in [4.69, 9.17) is 0 Å². The first kappa shape index (κ1) is 29.0. The molecule has 0 bridgehead atoms. The molecule has 1 amide bonds. The summed E-state index contributed by atoms with van der Waals surface area (Å²) in [4.78, 5) is 30.8. The Kier molecular flexibility index (Phi) is 8.09. The van der Waals surface area contributed by atoms with E-state index in [1.807, 2.05) is 36.9 Å². The number of rotatable bonds is 8. The van der Waals surface area contributed by atoms with Crippen molar-refractivity contribution in [2.24, 2.45) is 14.1 Å². The Morgan fingerprint density at radius 2 is 1.89 bits per heavy atom. The first-order chi connectivity index (χ1) is 21.3. The van der Waals surface area contributed by atoms with Crippen LogP contribution in [0, 0.1) is 18.3 Å². The van der Waals surface area contributed by atoms with Crippen LogP contribution in [0.4, 0.5) is 5.69 Å². The first-order valence-electron chi connectivity index (χ1n) is 15.0. The van der Waals surface area contributed by atoms with Gasteiger partial charge < -0.3 is 15.2 Å². The highest BCUT2D eigenvalue weighted by atomic mass is 16.1. The van der Waals surface area contributed by atoms with E-state index in [0.29, 0.717) is 29.5 Å². The number of aromatic nitrogens is 4. The van der Waals surface area contributed by atoms with E-state index in [9.17, 15) is 14.9 Å². The maximum Gasteiger partial charge on any atom is 0.248 e. The molecule has 6 rings (SSSR count). The van der Waals surface area contributed by atoms with Gasteiger partial charge in [-0.25, -0.2) is 4.98 Å². The zero-order chi connectivity index (χ0) is 30.8. The van der Waals surface area contributed by atoms with E-state index >= 15 is 0 Å². The maximum atomic E-state index is 13.8. The van der Waals surface area contributed by atoms with Gasteiger partial charge in [0, 0.05) is 49.3 Å². The Hall–Kier alpha value is -5.07. The van der Waals surface area contributed by atoms with E-state index < -0.39 is 0 Å². The largest absolute Gasteiger partial charge is 0.334 e. The number of nitrogens with one attached hydrogen (secondary N) is 2. The van der Waals surface area contributed by atoms with Crippen molar-refractivity contribution in [3.63, 3.8) is 0 Å². The zero-order valence-electron chi connectivity index (χ0n) is 25.2. The highest BCUT2D eigenvalue weighted by Gasteiger charge is 2.22. The van der Waals surface area contributed by atoms with Gasteiger partial charge in [0.15, 0.2) is 0 Å². The van der Waals surface area contributed by atoms with E-state index in [0.717, 1.165) is 38.6 Å². The topological polar surface area (TPSA) is 118 Å². The highest BCUT2D eigenvalue weighted by molar-refractivity contribution is 6.17. The van der Waals surface area contributed by atoms with Gasteiger partial charge in [-0.15, -0.1) is 0 Å². The number of anilines is 1. The minimum Gasteiger partial charge on any atom is -0.334 e. The molecule has 0 unspecified atom stereocenters. The van der Waals surface area contributed by atoms with Crippen LogP contribution < -0.4 is 10.6 Å². The van der Waals surface area contributed by atoms with Gasteiger partial charge in [-0.3, -0.25) is 14.3 Å². The van der Waals surface area contributed by atoms with Crippen molar-refractivity contribution in [1.29, 1.82) is 5.26 Å². The Labute approximate surface area is 256 Å². The minimum absolute atomic E-state index is 0.207. The second kappa shape index (κ2) is 12.3.